The Balaban J connectivity index is 1.69. The summed E-state index contributed by atoms with van der Waals surface area (Å²) >= 11 is 2.97. The zero-order chi connectivity index (χ0) is 21.3. The molecule has 0 bridgehead atoms. The van der Waals surface area contributed by atoms with E-state index in [0.717, 1.165) is 35.9 Å². The van der Waals surface area contributed by atoms with Gasteiger partial charge in [0, 0.05) is 22.9 Å². The minimum atomic E-state index is -0.454. The summed E-state index contributed by atoms with van der Waals surface area (Å²) in [5.41, 5.74) is 2.07. The largest absolute Gasteiger partial charge is 0.463 e. The van der Waals surface area contributed by atoms with Gasteiger partial charge in [-0.2, -0.15) is 0 Å². The van der Waals surface area contributed by atoms with Gasteiger partial charge in [-0.15, -0.1) is 11.3 Å². The molecule has 0 saturated carbocycles. The Kier molecular flexibility index (Phi) is 6.14. The van der Waals surface area contributed by atoms with Crippen molar-refractivity contribution in [1.82, 2.24) is 20.2 Å². The smallest absolute Gasteiger partial charge is 0.337 e. The molecule has 2 amide bonds. The van der Waals surface area contributed by atoms with Gasteiger partial charge in [-0.3, -0.25) is 9.36 Å². The van der Waals surface area contributed by atoms with Gasteiger partial charge < -0.3 is 15.4 Å². The summed E-state index contributed by atoms with van der Waals surface area (Å²) in [5.74, 6) is -0.140. The van der Waals surface area contributed by atoms with Gasteiger partial charge in [-0.25, -0.2) is 14.6 Å². The van der Waals surface area contributed by atoms with Crippen LogP contribution in [-0.2, 0) is 28.9 Å². The lowest BCUT2D eigenvalue weighted by molar-refractivity contribution is -0.138. The second-order valence-electron chi connectivity index (χ2n) is 7.16. The van der Waals surface area contributed by atoms with Crippen LogP contribution in [0.5, 0.6) is 0 Å². The molecule has 160 valence electrons. The summed E-state index contributed by atoms with van der Waals surface area (Å²) in [4.78, 5) is 44.2. The van der Waals surface area contributed by atoms with Crippen LogP contribution < -0.4 is 16.2 Å². The van der Waals surface area contributed by atoms with Crippen LogP contribution in [0.2, 0.25) is 0 Å². The van der Waals surface area contributed by atoms with Crippen molar-refractivity contribution in [2.45, 2.75) is 51.2 Å². The number of thioether (sulfide) groups is 1. The molecular weight excluding hydrogens is 424 g/mol. The van der Waals surface area contributed by atoms with Crippen LogP contribution in [0.15, 0.2) is 21.2 Å². The van der Waals surface area contributed by atoms with Crippen molar-refractivity contribution in [1.29, 1.82) is 0 Å². The molecule has 0 spiro atoms. The topological polar surface area (TPSA) is 102 Å². The molecule has 3 heterocycles. The number of nitrogens with one attached hydrogen (secondary N) is 2. The van der Waals surface area contributed by atoms with Crippen molar-refractivity contribution in [2.75, 3.05) is 18.9 Å². The first-order valence-corrected chi connectivity index (χ1v) is 12.0. The summed E-state index contributed by atoms with van der Waals surface area (Å²) in [6, 6.07) is -0.359. The lowest BCUT2D eigenvalue weighted by Crippen LogP contribution is -2.44. The Bertz CT molecular complexity index is 1100. The zero-order valence-electron chi connectivity index (χ0n) is 17.0. The van der Waals surface area contributed by atoms with Crippen molar-refractivity contribution >= 4 is 45.3 Å². The summed E-state index contributed by atoms with van der Waals surface area (Å²) in [6.07, 6.45) is 3.87. The molecule has 0 unspecified atom stereocenters. The van der Waals surface area contributed by atoms with Gasteiger partial charge in [0.2, 0.25) is 0 Å². The van der Waals surface area contributed by atoms with Crippen molar-refractivity contribution in [3.05, 3.63) is 32.1 Å². The van der Waals surface area contributed by atoms with Crippen LogP contribution in [0.1, 0.15) is 37.1 Å². The number of nitrogens with zero attached hydrogens (tertiary/aromatic N) is 2. The molecule has 8 nitrogen and oxygen atoms in total. The number of ether oxygens (including phenoxy) is 1. The number of carbonyl (C=O) groups excluding carboxylic acids is 2. The molecule has 30 heavy (non-hydrogen) atoms. The van der Waals surface area contributed by atoms with Gasteiger partial charge in [0.15, 0.2) is 5.16 Å². The van der Waals surface area contributed by atoms with Gasteiger partial charge in [0.1, 0.15) is 4.83 Å². The van der Waals surface area contributed by atoms with Crippen LogP contribution in [0.3, 0.4) is 0 Å². The van der Waals surface area contributed by atoms with Crippen LogP contribution in [-0.4, -0.2) is 40.5 Å². The highest BCUT2D eigenvalue weighted by Crippen LogP contribution is 2.35. The maximum Gasteiger partial charge on any atom is 0.337 e. The molecule has 0 atom stereocenters. The molecule has 4 rings (SSSR count). The van der Waals surface area contributed by atoms with E-state index in [1.165, 1.54) is 22.2 Å². The number of amides is 2. The molecule has 1 aliphatic carbocycles. The molecule has 0 radical (unpaired) electrons. The molecule has 0 saturated heterocycles. The molecule has 10 heteroatoms. The molecular formula is C20H24N4O4S2. The Morgan fingerprint density at radius 3 is 2.90 bits per heavy atom. The fourth-order valence-corrected chi connectivity index (χ4v) is 6.11. The van der Waals surface area contributed by atoms with Crippen molar-refractivity contribution in [3.63, 3.8) is 0 Å². The van der Waals surface area contributed by atoms with E-state index < -0.39 is 5.97 Å². The Morgan fingerprint density at radius 2 is 2.13 bits per heavy atom. The van der Waals surface area contributed by atoms with E-state index in [1.54, 1.807) is 22.8 Å². The molecule has 0 aromatic carbocycles. The maximum atomic E-state index is 13.3. The van der Waals surface area contributed by atoms with Gasteiger partial charge in [-0.05, 0) is 38.2 Å². The third kappa shape index (κ3) is 3.85. The van der Waals surface area contributed by atoms with E-state index in [0.29, 0.717) is 28.7 Å². The first-order chi connectivity index (χ1) is 14.5. The number of fused-ring (bicyclic) bond motifs is 3. The maximum absolute atomic E-state index is 13.3. The average Bonchev–Trinajstić information content (AvgIpc) is 3.30. The van der Waals surface area contributed by atoms with E-state index in [2.05, 4.69) is 10.6 Å². The van der Waals surface area contributed by atoms with Gasteiger partial charge in [0.05, 0.1) is 24.1 Å². The second kappa shape index (κ2) is 8.81. The fourth-order valence-electron chi connectivity index (χ4n) is 3.79. The van der Waals surface area contributed by atoms with Crippen LogP contribution in [0.4, 0.5) is 4.79 Å². The highest BCUT2D eigenvalue weighted by atomic mass is 32.2. The molecule has 2 aromatic heterocycles. The van der Waals surface area contributed by atoms with Crippen LogP contribution >= 0.6 is 23.1 Å². The standard InChI is InChI=1S/C20H24N4O4S2/c1-3-8-24-17(25)15-11-6-5-7-14(11)30-16(15)23-20(24)29-10-13-12(18(26)28-4-2)9-21-19(27)22-13/h3-10H2,1-2H3,(H2,21,22,27). The molecule has 2 N–H and O–H groups in total. The van der Waals surface area contributed by atoms with E-state index in [4.69, 9.17) is 9.72 Å². The van der Waals surface area contributed by atoms with Crippen molar-refractivity contribution in [2.24, 2.45) is 0 Å². The number of aryl methyl sites for hydroxylation is 2. The molecule has 2 aliphatic rings. The Labute approximate surface area is 182 Å². The van der Waals surface area contributed by atoms with Gasteiger partial charge >= 0.3 is 12.0 Å². The minimum Gasteiger partial charge on any atom is -0.463 e. The molecule has 1 aliphatic heterocycles. The quantitative estimate of drug-likeness (QED) is 0.383. The number of thiophene rings is 1. The van der Waals surface area contributed by atoms with Crippen molar-refractivity contribution < 1.29 is 14.3 Å². The minimum absolute atomic E-state index is 0.0118. The third-order valence-electron chi connectivity index (χ3n) is 5.16. The monoisotopic (exact) mass is 448 g/mol. The summed E-state index contributed by atoms with van der Waals surface area (Å²) < 4.78 is 6.83. The molecule has 2 aromatic rings. The van der Waals surface area contributed by atoms with E-state index in [-0.39, 0.29) is 24.7 Å². The number of rotatable bonds is 7. The zero-order valence-corrected chi connectivity index (χ0v) is 18.6. The number of aromatic nitrogens is 2. The molecule has 0 fully saturated rings. The van der Waals surface area contributed by atoms with E-state index in [9.17, 15) is 14.4 Å². The van der Waals surface area contributed by atoms with E-state index in [1.807, 2.05) is 6.92 Å². The Hall–Kier alpha value is -2.33. The Morgan fingerprint density at radius 1 is 1.30 bits per heavy atom. The lowest BCUT2D eigenvalue weighted by atomic mass is 10.2. The summed E-state index contributed by atoms with van der Waals surface area (Å²) in [6.45, 7) is 4.72. The van der Waals surface area contributed by atoms with Crippen molar-refractivity contribution in [3.8, 4) is 0 Å². The first-order valence-electron chi connectivity index (χ1n) is 10.1. The van der Waals surface area contributed by atoms with Crippen LogP contribution in [0.25, 0.3) is 10.2 Å². The fraction of sp³-hybridized carbons (Fsp3) is 0.500. The van der Waals surface area contributed by atoms with Gasteiger partial charge in [-0.1, -0.05) is 18.7 Å². The number of urea groups is 1. The average molecular weight is 449 g/mol. The number of hydrogen-bond acceptors (Lipinski definition) is 7. The predicted molar refractivity (Wildman–Crippen MR) is 117 cm³/mol. The highest BCUT2D eigenvalue weighted by molar-refractivity contribution is 7.99. The SMILES string of the molecule is CCCn1c(SCC2=C(C(=O)OCC)CNC(=O)N2)nc2sc3c(c2c1=O)CCC3. The highest BCUT2D eigenvalue weighted by Gasteiger charge is 2.26. The van der Waals surface area contributed by atoms with E-state index >= 15 is 0 Å². The number of hydrogen-bond donors (Lipinski definition) is 2. The number of carbonyl (C=O) groups is 2. The first kappa shape index (κ1) is 20.9. The summed E-state index contributed by atoms with van der Waals surface area (Å²) in [5, 5.41) is 6.68. The number of esters is 1. The normalized spacial score (nSPS) is 15.9. The lowest BCUT2D eigenvalue weighted by Gasteiger charge is -2.21. The van der Waals surface area contributed by atoms with Crippen LogP contribution in [0, 0.1) is 0 Å². The van der Waals surface area contributed by atoms with Gasteiger partial charge in [0.25, 0.3) is 5.56 Å². The third-order valence-corrected chi connectivity index (χ3v) is 7.35. The predicted octanol–water partition coefficient (Wildman–Crippen LogP) is 2.58. The second-order valence-corrected chi connectivity index (χ2v) is 9.19. The summed E-state index contributed by atoms with van der Waals surface area (Å²) in [7, 11) is 0.